The Bertz CT molecular complexity index is 454. The van der Waals surface area contributed by atoms with Gasteiger partial charge in [-0.15, -0.1) is 0 Å². The smallest absolute Gasteiger partial charge is 0.312 e. The van der Waals surface area contributed by atoms with Gasteiger partial charge in [-0.1, -0.05) is 19.8 Å². The fourth-order valence-electron chi connectivity index (χ4n) is 2.97. The zero-order chi connectivity index (χ0) is 14.3. The van der Waals surface area contributed by atoms with Gasteiger partial charge in [0.15, 0.2) is 0 Å². The number of hydrogen-bond donors (Lipinski definition) is 0. The summed E-state index contributed by atoms with van der Waals surface area (Å²) in [7, 11) is -3.76. The molecular weight excluding hydrogens is 268 g/mol. The van der Waals surface area contributed by atoms with Crippen LogP contribution in [0.3, 0.4) is 0 Å². The van der Waals surface area contributed by atoms with E-state index in [4.69, 9.17) is 8.92 Å². The lowest BCUT2D eigenvalue weighted by Gasteiger charge is -2.25. The molecule has 0 aromatic heterocycles. The predicted octanol–water partition coefficient (Wildman–Crippen LogP) is 2.21. The summed E-state index contributed by atoms with van der Waals surface area (Å²) in [6.07, 6.45) is 3.64. The number of fused-ring (bicyclic) bond motifs is 1. The van der Waals surface area contributed by atoms with Crippen LogP contribution in [0.4, 0.5) is 0 Å². The van der Waals surface area contributed by atoms with Gasteiger partial charge in [0, 0.05) is 5.92 Å². The Labute approximate surface area is 114 Å². The maximum atomic E-state index is 12.1. The summed E-state index contributed by atoms with van der Waals surface area (Å²) in [6, 6.07) is 0. The fraction of sp³-hybridized carbons (Fsp3) is 0.923. The van der Waals surface area contributed by atoms with Gasteiger partial charge in [-0.25, -0.2) is 0 Å². The Morgan fingerprint density at radius 2 is 2.05 bits per heavy atom. The van der Waals surface area contributed by atoms with E-state index in [1.54, 1.807) is 13.8 Å². The highest BCUT2D eigenvalue weighted by Gasteiger charge is 2.53. The van der Waals surface area contributed by atoms with Crippen molar-refractivity contribution in [1.29, 1.82) is 0 Å². The lowest BCUT2D eigenvalue weighted by atomic mass is 9.88. The molecule has 1 saturated heterocycles. The first kappa shape index (κ1) is 14.8. The largest absolute Gasteiger partial charge is 0.442 e. The summed E-state index contributed by atoms with van der Waals surface area (Å²) in [5.74, 6) is -0.634. The van der Waals surface area contributed by atoms with E-state index in [1.807, 2.05) is 6.92 Å². The molecule has 3 unspecified atom stereocenters. The van der Waals surface area contributed by atoms with E-state index in [2.05, 4.69) is 0 Å². The van der Waals surface area contributed by atoms with Crippen LogP contribution in [-0.2, 0) is 23.8 Å². The first-order valence-corrected chi connectivity index (χ1v) is 8.38. The summed E-state index contributed by atoms with van der Waals surface area (Å²) in [5.41, 5.74) is -1.76. The van der Waals surface area contributed by atoms with Crippen LogP contribution in [0.1, 0.15) is 52.9 Å². The van der Waals surface area contributed by atoms with Crippen LogP contribution in [0.5, 0.6) is 0 Å². The van der Waals surface area contributed by atoms with Gasteiger partial charge in [0.05, 0.1) is 11.5 Å². The standard InChI is InChI=1S/C13H22O5S/c1-4-8-13(2,3)12(14)17-11-9-6-5-7-10(9)18-19(11,15)16/h9-11H,4-8H2,1-3H3. The Hall–Kier alpha value is -0.620. The summed E-state index contributed by atoms with van der Waals surface area (Å²) in [6.45, 7) is 5.55. The molecule has 1 aliphatic heterocycles. The molecule has 1 heterocycles. The minimum Gasteiger partial charge on any atom is -0.442 e. The zero-order valence-corrected chi connectivity index (χ0v) is 12.5. The molecule has 0 aromatic carbocycles. The number of hydrogen-bond acceptors (Lipinski definition) is 5. The predicted molar refractivity (Wildman–Crippen MR) is 69.7 cm³/mol. The van der Waals surface area contributed by atoms with Gasteiger partial charge in [0.2, 0.25) is 5.44 Å². The first-order valence-electron chi connectivity index (χ1n) is 6.91. The van der Waals surface area contributed by atoms with Gasteiger partial charge >= 0.3 is 16.1 Å². The van der Waals surface area contributed by atoms with Crippen molar-refractivity contribution in [2.24, 2.45) is 11.3 Å². The second-order valence-electron chi connectivity index (χ2n) is 6.13. The Kier molecular flexibility index (Phi) is 3.93. The molecular formula is C13H22O5S. The molecule has 0 amide bonds. The van der Waals surface area contributed by atoms with Crippen LogP contribution in [-0.4, -0.2) is 25.9 Å². The fourth-order valence-corrected chi connectivity index (χ4v) is 4.60. The third-order valence-corrected chi connectivity index (χ3v) is 5.58. The highest BCUT2D eigenvalue weighted by Crippen LogP contribution is 2.42. The normalized spacial score (nSPS) is 33.1. The van der Waals surface area contributed by atoms with Crippen LogP contribution in [0, 0.1) is 11.3 Å². The third kappa shape index (κ3) is 2.79. The molecule has 3 atom stereocenters. The van der Waals surface area contributed by atoms with Crippen molar-refractivity contribution in [1.82, 2.24) is 0 Å². The monoisotopic (exact) mass is 290 g/mol. The second kappa shape index (κ2) is 5.05. The van der Waals surface area contributed by atoms with Crippen molar-refractivity contribution in [2.75, 3.05) is 0 Å². The van der Waals surface area contributed by atoms with E-state index in [1.165, 1.54) is 0 Å². The summed E-state index contributed by atoms with van der Waals surface area (Å²) in [4.78, 5) is 12.1. The summed E-state index contributed by atoms with van der Waals surface area (Å²) in [5, 5.41) is 0. The molecule has 0 N–H and O–H groups in total. The highest BCUT2D eigenvalue weighted by molar-refractivity contribution is 7.87. The molecule has 19 heavy (non-hydrogen) atoms. The van der Waals surface area contributed by atoms with Gasteiger partial charge in [0.25, 0.3) is 0 Å². The maximum absolute atomic E-state index is 12.1. The molecule has 0 bridgehead atoms. The lowest BCUT2D eigenvalue weighted by Crippen LogP contribution is -2.35. The molecule has 0 spiro atoms. The lowest BCUT2D eigenvalue weighted by molar-refractivity contribution is -0.157. The van der Waals surface area contributed by atoms with Crippen molar-refractivity contribution < 1.29 is 22.1 Å². The van der Waals surface area contributed by atoms with Crippen LogP contribution in [0.2, 0.25) is 0 Å². The molecule has 1 aliphatic carbocycles. The van der Waals surface area contributed by atoms with E-state index in [0.717, 1.165) is 25.7 Å². The number of ether oxygens (including phenoxy) is 1. The molecule has 2 aliphatic rings. The van der Waals surface area contributed by atoms with Gasteiger partial charge in [-0.05, 0) is 33.1 Å². The van der Waals surface area contributed by atoms with Crippen molar-refractivity contribution >= 4 is 16.1 Å². The third-order valence-electron chi connectivity index (χ3n) is 4.05. The van der Waals surface area contributed by atoms with Gasteiger partial charge in [0.1, 0.15) is 0 Å². The molecule has 0 aromatic rings. The van der Waals surface area contributed by atoms with E-state index in [0.29, 0.717) is 6.42 Å². The van der Waals surface area contributed by atoms with Crippen molar-refractivity contribution in [3.8, 4) is 0 Å². The van der Waals surface area contributed by atoms with Crippen molar-refractivity contribution in [3.05, 3.63) is 0 Å². The van der Waals surface area contributed by atoms with Crippen molar-refractivity contribution in [3.63, 3.8) is 0 Å². The Morgan fingerprint density at radius 3 is 2.68 bits per heavy atom. The number of esters is 1. The Balaban J connectivity index is 2.11. The highest BCUT2D eigenvalue weighted by atomic mass is 32.2. The number of carbonyl (C=O) groups is 1. The van der Waals surface area contributed by atoms with Gasteiger partial charge < -0.3 is 4.74 Å². The van der Waals surface area contributed by atoms with Crippen LogP contribution < -0.4 is 0 Å². The SMILES string of the molecule is CCCC(C)(C)C(=O)OC1C2CCCC2OS1(=O)=O. The quantitative estimate of drug-likeness (QED) is 0.586. The molecule has 2 fully saturated rings. The van der Waals surface area contributed by atoms with Crippen LogP contribution in [0.15, 0.2) is 0 Å². The summed E-state index contributed by atoms with van der Waals surface area (Å²) < 4.78 is 34.2. The zero-order valence-electron chi connectivity index (χ0n) is 11.7. The molecule has 0 radical (unpaired) electrons. The first-order chi connectivity index (χ1) is 8.78. The molecule has 110 valence electrons. The average Bonchev–Trinajstić information content (AvgIpc) is 2.79. The molecule has 2 rings (SSSR count). The number of rotatable bonds is 4. The molecule has 1 saturated carbocycles. The van der Waals surface area contributed by atoms with E-state index < -0.39 is 26.9 Å². The van der Waals surface area contributed by atoms with Crippen LogP contribution >= 0.6 is 0 Å². The average molecular weight is 290 g/mol. The minimum absolute atomic E-state index is 0.189. The topological polar surface area (TPSA) is 69.7 Å². The van der Waals surface area contributed by atoms with E-state index in [-0.39, 0.29) is 12.0 Å². The molecule has 5 nitrogen and oxygen atoms in total. The van der Waals surface area contributed by atoms with Crippen LogP contribution in [0.25, 0.3) is 0 Å². The minimum atomic E-state index is -3.76. The summed E-state index contributed by atoms with van der Waals surface area (Å²) >= 11 is 0. The maximum Gasteiger partial charge on any atom is 0.312 e. The Morgan fingerprint density at radius 1 is 1.37 bits per heavy atom. The van der Waals surface area contributed by atoms with Gasteiger partial charge in [-0.2, -0.15) is 8.42 Å². The van der Waals surface area contributed by atoms with Crippen molar-refractivity contribution in [2.45, 2.75) is 64.4 Å². The second-order valence-corrected chi connectivity index (χ2v) is 7.77. The van der Waals surface area contributed by atoms with E-state index >= 15 is 0 Å². The van der Waals surface area contributed by atoms with Gasteiger partial charge in [-0.3, -0.25) is 8.98 Å². The number of carbonyl (C=O) groups excluding carboxylic acids is 1. The van der Waals surface area contributed by atoms with E-state index in [9.17, 15) is 13.2 Å². The molecule has 6 heteroatoms.